The predicted octanol–water partition coefficient (Wildman–Crippen LogP) is 4.41. The number of benzene rings is 2. The Balaban J connectivity index is 2.24. The summed E-state index contributed by atoms with van der Waals surface area (Å²) < 4.78 is 13.6. The Bertz CT molecular complexity index is 537. The summed E-state index contributed by atoms with van der Waals surface area (Å²) >= 11 is 11.8. The standard InChI is InChI=1S/C14H11Cl2FO/c15-10-4-1-3-9(7-10)14(18)8-11-12(16)5-2-6-13(11)17/h1-7,14,18H,8H2. The molecule has 18 heavy (non-hydrogen) atoms. The molecule has 0 aliphatic heterocycles. The molecular formula is C14H11Cl2FO. The largest absolute Gasteiger partial charge is 0.388 e. The van der Waals surface area contributed by atoms with E-state index in [0.717, 1.165) is 0 Å². The van der Waals surface area contributed by atoms with Gasteiger partial charge in [-0.3, -0.25) is 0 Å². The summed E-state index contributed by atoms with van der Waals surface area (Å²) in [5, 5.41) is 10.9. The molecule has 0 spiro atoms. The lowest BCUT2D eigenvalue weighted by Crippen LogP contribution is -2.04. The third-order valence-electron chi connectivity index (χ3n) is 2.69. The molecule has 0 aromatic heterocycles. The Morgan fingerprint density at radius 1 is 1.11 bits per heavy atom. The fraction of sp³-hybridized carbons (Fsp3) is 0.143. The number of halogens is 3. The van der Waals surface area contributed by atoms with Crippen LogP contribution in [0.1, 0.15) is 17.2 Å². The van der Waals surface area contributed by atoms with Gasteiger partial charge in [0, 0.05) is 22.0 Å². The van der Waals surface area contributed by atoms with Gasteiger partial charge in [0.2, 0.25) is 0 Å². The second kappa shape index (κ2) is 5.70. The summed E-state index contributed by atoms with van der Waals surface area (Å²) in [5.74, 6) is -0.413. The lowest BCUT2D eigenvalue weighted by Gasteiger charge is -2.13. The minimum atomic E-state index is -0.835. The maximum atomic E-state index is 13.6. The third-order valence-corrected chi connectivity index (χ3v) is 3.28. The van der Waals surface area contributed by atoms with Gasteiger partial charge < -0.3 is 5.11 Å². The van der Waals surface area contributed by atoms with Crippen molar-refractivity contribution < 1.29 is 9.50 Å². The summed E-state index contributed by atoms with van der Waals surface area (Å²) in [6.07, 6.45) is -0.718. The molecule has 0 saturated heterocycles. The van der Waals surface area contributed by atoms with Gasteiger partial charge in [0.15, 0.2) is 0 Å². The van der Waals surface area contributed by atoms with E-state index < -0.39 is 11.9 Å². The first kappa shape index (κ1) is 13.3. The van der Waals surface area contributed by atoms with E-state index in [-0.39, 0.29) is 6.42 Å². The molecule has 0 saturated carbocycles. The Labute approximate surface area is 115 Å². The molecular weight excluding hydrogens is 274 g/mol. The summed E-state index contributed by atoms with van der Waals surface area (Å²) in [5.41, 5.74) is 0.952. The molecule has 0 heterocycles. The van der Waals surface area contributed by atoms with Crippen LogP contribution in [0.2, 0.25) is 10.0 Å². The van der Waals surface area contributed by atoms with Gasteiger partial charge in [-0.25, -0.2) is 4.39 Å². The van der Waals surface area contributed by atoms with Crippen molar-refractivity contribution in [3.8, 4) is 0 Å². The molecule has 1 nitrogen and oxygen atoms in total. The van der Waals surface area contributed by atoms with Crippen LogP contribution in [0.5, 0.6) is 0 Å². The van der Waals surface area contributed by atoms with E-state index in [1.165, 1.54) is 12.1 Å². The summed E-state index contributed by atoms with van der Waals surface area (Å²) in [6.45, 7) is 0. The number of hydrogen-bond acceptors (Lipinski definition) is 1. The van der Waals surface area contributed by atoms with Crippen molar-refractivity contribution >= 4 is 23.2 Å². The number of aliphatic hydroxyl groups excluding tert-OH is 1. The van der Waals surface area contributed by atoms with E-state index in [2.05, 4.69) is 0 Å². The molecule has 94 valence electrons. The first-order valence-electron chi connectivity index (χ1n) is 5.44. The second-order valence-electron chi connectivity index (χ2n) is 3.98. The highest BCUT2D eigenvalue weighted by molar-refractivity contribution is 6.31. The maximum Gasteiger partial charge on any atom is 0.127 e. The van der Waals surface area contributed by atoms with Gasteiger partial charge in [0.05, 0.1) is 6.10 Å². The molecule has 0 bridgehead atoms. The van der Waals surface area contributed by atoms with Gasteiger partial charge in [0.25, 0.3) is 0 Å². The third kappa shape index (κ3) is 3.02. The summed E-state index contributed by atoms with van der Waals surface area (Å²) in [6, 6.07) is 11.3. The van der Waals surface area contributed by atoms with Gasteiger partial charge in [-0.1, -0.05) is 41.4 Å². The lowest BCUT2D eigenvalue weighted by atomic mass is 10.0. The molecule has 1 N–H and O–H groups in total. The van der Waals surface area contributed by atoms with E-state index in [0.29, 0.717) is 21.2 Å². The van der Waals surface area contributed by atoms with Gasteiger partial charge in [-0.2, -0.15) is 0 Å². The number of rotatable bonds is 3. The monoisotopic (exact) mass is 284 g/mol. The van der Waals surface area contributed by atoms with Crippen molar-refractivity contribution in [1.29, 1.82) is 0 Å². The zero-order valence-electron chi connectivity index (χ0n) is 9.41. The molecule has 0 aliphatic carbocycles. The van der Waals surface area contributed by atoms with Crippen LogP contribution >= 0.6 is 23.2 Å². The SMILES string of the molecule is OC(Cc1c(F)cccc1Cl)c1cccc(Cl)c1. The smallest absolute Gasteiger partial charge is 0.127 e. The van der Waals surface area contributed by atoms with Gasteiger partial charge in [-0.15, -0.1) is 0 Å². The molecule has 2 rings (SSSR count). The minimum Gasteiger partial charge on any atom is -0.388 e. The van der Waals surface area contributed by atoms with Crippen LogP contribution in [-0.2, 0) is 6.42 Å². The average molecular weight is 285 g/mol. The van der Waals surface area contributed by atoms with Crippen molar-refractivity contribution in [1.82, 2.24) is 0 Å². The highest BCUT2D eigenvalue weighted by Gasteiger charge is 2.14. The van der Waals surface area contributed by atoms with Crippen molar-refractivity contribution in [3.05, 3.63) is 69.5 Å². The average Bonchev–Trinajstić information content (AvgIpc) is 2.34. The fourth-order valence-corrected chi connectivity index (χ4v) is 2.19. The van der Waals surface area contributed by atoms with E-state index >= 15 is 0 Å². The van der Waals surface area contributed by atoms with Crippen molar-refractivity contribution in [2.75, 3.05) is 0 Å². The van der Waals surface area contributed by atoms with Crippen LogP contribution in [0.15, 0.2) is 42.5 Å². The first-order valence-corrected chi connectivity index (χ1v) is 6.20. The number of hydrogen-bond donors (Lipinski definition) is 1. The second-order valence-corrected chi connectivity index (χ2v) is 4.82. The molecule has 0 fully saturated rings. The van der Waals surface area contributed by atoms with E-state index in [9.17, 15) is 9.50 Å². The molecule has 0 aliphatic rings. The van der Waals surface area contributed by atoms with Crippen molar-refractivity contribution in [3.63, 3.8) is 0 Å². The molecule has 0 radical (unpaired) electrons. The van der Waals surface area contributed by atoms with E-state index in [4.69, 9.17) is 23.2 Å². The van der Waals surface area contributed by atoms with Crippen LogP contribution in [0, 0.1) is 5.82 Å². The summed E-state index contributed by atoms with van der Waals surface area (Å²) in [7, 11) is 0. The van der Waals surface area contributed by atoms with Gasteiger partial charge in [0.1, 0.15) is 5.82 Å². The Kier molecular flexibility index (Phi) is 4.23. The Morgan fingerprint density at radius 2 is 1.83 bits per heavy atom. The molecule has 2 aromatic carbocycles. The van der Waals surface area contributed by atoms with Crippen molar-refractivity contribution in [2.24, 2.45) is 0 Å². The minimum absolute atomic E-state index is 0.117. The first-order chi connectivity index (χ1) is 8.58. The zero-order valence-corrected chi connectivity index (χ0v) is 10.9. The number of aliphatic hydroxyl groups is 1. The molecule has 1 unspecified atom stereocenters. The van der Waals surface area contributed by atoms with E-state index in [1.807, 2.05) is 0 Å². The quantitative estimate of drug-likeness (QED) is 0.885. The predicted molar refractivity (Wildman–Crippen MR) is 71.5 cm³/mol. The van der Waals surface area contributed by atoms with Crippen LogP contribution in [0.4, 0.5) is 4.39 Å². The highest BCUT2D eigenvalue weighted by atomic mass is 35.5. The molecule has 4 heteroatoms. The van der Waals surface area contributed by atoms with Crippen LogP contribution in [0.3, 0.4) is 0 Å². The fourth-order valence-electron chi connectivity index (χ4n) is 1.75. The van der Waals surface area contributed by atoms with Crippen LogP contribution in [0.25, 0.3) is 0 Å². The van der Waals surface area contributed by atoms with Crippen molar-refractivity contribution in [2.45, 2.75) is 12.5 Å². The Morgan fingerprint density at radius 3 is 2.50 bits per heavy atom. The maximum absolute atomic E-state index is 13.6. The zero-order chi connectivity index (χ0) is 13.1. The highest BCUT2D eigenvalue weighted by Crippen LogP contribution is 2.26. The summed E-state index contributed by atoms with van der Waals surface area (Å²) in [4.78, 5) is 0. The van der Waals surface area contributed by atoms with Crippen LogP contribution < -0.4 is 0 Å². The molecule has 1 atom stereocenters. The molecule has 2 aromatic rings. The lowest BCUT2D eigenvalue weighted by molar-refractivity contribution is 0.177. The van der Waals surface area contributed by atoms with Gasteiger partial charge >= 0.3 is 0 Å². The van der Waals surface area contributed by atoms with Crippen LogP contribution in [-0.4, -0.2) is 5.11 Å². The Hall–Kier alpha value is -1.09. The van der Waals surface area contributed by atoms with Gasteiger partial charge in [-0.05, 0) is 29.8 Å². The van der Waals surface area contributed by atoms with E-state index in [1.54, 1.807) is 30.3 Å². The topological polar surface area (TPSA) is 20.2 Å². The molecule has 0 amide bonds. The normalized spacial score (nSPS) is 12.4.